The predicted molar refractivity (Wildman–Crippen MR) is 152 cm³/mol. The van der Waals surface area contributed by atoms with Crippen LogP contribution in [0, 0.1) is 0 Å². The molecule has 0 heterocycles. The van der Waals surface area contributed by atoms with E-state index in [0.717, 1.165) is 22.3 Å². The van der Waals surface area contributed by atoms with Gasteiger partial charge in [0.15, 0.2) is 23.0 Å². The van der Waals surface area contributed by atoms with Crippen LogP contribution >= 0.6 is 0 Å². The second-order valence-corrected chi connectivity index (χ2v) is 8.64. The van der Waals surface area contributed by atoms with Crippen molar-refractivity contribution < 1.29 is 23.7 Å². The Kier molecular flexibility index (Phi) is 9.95. The van der Waals surface area contributed by atoms with Crippen LogP contribution in [0.15, 0.2) is 102 Å². The third kappa shape index (κ3) is 8.36. The van der Waals surface area contributed by atoms with E-state index in [1.54, 1.807) is 19.4 Å². The molecule has 0 atom stereocenters. The van der Waals surface area contributed by atoms with E-state index in [-0.39, 0.29) is 12.3 Å². The molecule has 1 N–H and O–H groups in total. The first-order chi connectivity index (χ1) is 19.1. The summed E-state index contributed by atoms with van der Waals surface area (Å²) < 4.78 is 23.4. The Labute approximate surface area is 229 Å². The highest BCUT2D eigenvalue weighted by molar-refractivity contribution is 5.84. The molecule has 0 fully saturated rings. The molecule has 7 nitrogen and oxygen atoms in total. The van der Waals surface area contributed by atoms with Crippen LogP contribution in [0.2, 0.25) is 0 Å². The largest absolute Gasteiger partial charge is 0.493 e. The fourth-order valence-corrected chi connectivity index (χ4v) is 3.81. The zero-order chi connectivity index (χ0) is 27.3. The summed E-state index contributed by atoms with van der Waals surface area (Å²) in [5.74, 6) is 2.31. The molecule has 0 radical (unpaired) electrons. The maximum Gasteiger partial charge on any atom is 0.244 e. The van der Waals surface area contributed by atoms with Crippen LogP contribution in [-0.4, -0.2) is 25.8 Å². The van der Waals surface area contributed by atoms with Gasteiger partial charge in [0.25, 0.3) is 0 Å². The maximum atomic E-state index is 12.1. The predicted octanol–water partition coefficient (Wildman–Crippen LogP) is 5.94. The fraction of sp³-hybridized carbons (Fsp3) is 0.188. The molecule has 4 rings (SSSR count). The number of carbonyl (C=O) groups is 1. The summed E-state index contributed by atoms with van der Waals surface area (Å²) in [6.07, 6.45) is 1.83. The summed E-state index contributed by atoms with van der Waals surface area (Å²) in [6, 6.07) is 30.7. The summed E-state index contributed by atoms with van der Waals surface area (Å²) >= 11 is 0. The summed E-state index contributed by atoms with van der Waals surface area (Å²) in [4.78, 5) is 12.1. The van der Waals surface area contributed by atoms with Crippen LogP contribution in [0.4, 0.5) is 0 Å². The molecule has 0 saturated heterocycles. The van der Waals surface area contributed by atoms with Gasteiger partial charge in [-0.05, 0) is 59.5 Å². The molecule has 0 aliphatic heterocycles. The lowest BCUT2D eigenvalue weighted by atomic mass is 10.1. The molecule has 0 spiro atoms. The number of methoxy groups -OCH3 is 1. The molecular formula is C32H32N2O5. The number of amides is 1. The number of hydrogen-bond donors (Lipinski definition) is 1. The fourth-order valence-electron chi connectivity index (χ4n) is 3.81. The van der Waals surface area contributed by atoms with Crippen molar-refractivity contribution >= 4 is 12.1 Å². The van der Waals surface area contributed by atoms with Gasteiger partial charge in [-0.15, -0.1) is 0 Å². The Balaban J connectivity index is 1.34. The molecule has 0 saturated carbocycles. The minimum absolute atomic E-state index is 0.188. The molecule has 4 aromatic carbocycles. The second kappa shape index (κ2) is 14.2. The van der Waals surface area contributed by atoms with E-state index in [1.165, 1.54) is 0 Å². The Hall–Kier alpha value is -4.78. The zero-order valence-corrected chi connectivity index (χ0v) is 22.1. The van der Waals surface area contributed by atoms with Gasteiger partial charge < -0.3 is 18.9 Å². The standard InChI is InChI=1S/C32H32N2O5/c1-3-37-31-19-27(15-17-29(31)38-22-25-12-8-5-9-13-25)23-39-28-16-14-26(18-30(28)36-2)21-33-34-32(35)20-24-10-6-4-7-11-24/h4-19,21H,3,20,22-23H2,1-2H3,(H,34,35)/b33-21+. The first-order valence-corrected chi connectivity index (χ1v) is 12.7. The van der Waals surface area contributed by atoms with Crippen molar-refractivity contribution in [3.63, 3.8) is 0 Å². The second-order valence-electron chi connectivity index (χ2n) is 8.64. The number of nitrogens with zero attached hydrogens (tertiary/aromatic N) is 1. The van der Waals surface area contributed by atoms with E-state index < -0.39 is 0 Å². The Morgan fingerprint density at radius 2 is 1.36 bits per heavy atom. The van der Waals surface area contributed by atoms with Crippen LogP contribution in [0.5, 0.6) is 23.0 Å². The third-order valence-electron chi connectivity index (χ3n) is 5.74. The van der Waals surface area contributed by atoms with Crippen molar-refractivity contribution in [2.75, 3.05) is 13.7 Å². The van der Waals surface area contributed by atoms with Gasteiger partial charge in [0.2, 0.25) is 5.91 Å². The van der Waals surface area contributed by atoms with Crippen molar-refractivity contribution in [3.05, 3.63) is 119 Å². The van der Waals surface area contributed by atoms with Gasteiger partial charge >= 0.3 is 0 Å². The molecule has 39 heavy (non-hydrogen) atoms. The lowest BCUT2D eigenvalue weighted by molar-refractivity contribution is -0.120. The lowest BCUT2D eigenvalue weighted by Crippen LogP contribution is -2.19. The first kappa shape index (κ1) is 27.3. The van der Waals surface area contributed by atoms with E-state index in [2.05, 4.69) is 10.5 Å². The SMILES string of the molecule is CCOc1cc(COc2ccc(/C=N/NC(=O)Cc3ccccc3)cc2OC)ccc1OCc1ccccc1. The molecule has 0 bridgehead atoms. The van der Waals surface area contributed by atoms with E-state index in [9.17, 15) is 4.79 Å². The molecule has 0 unspecified atom stereocenters. The number of hydrogen-bond acceptors (Lipinski definition) is 6. The summed E-state index contributed by atoms with van der Waals surface area (Å²) in [5.41, 5.74) is 6.26. The number of benzene rings is 4. The average Bonchev–Trinajstić information content (AvgIpc) is 2.97. The summed E-state index contributed by atoms with van der Waals surface area (Å²) in [6.45, 7) is 3.24. The van der Waals surface area contributed by atoms with Gasteiger partial charge in [0.1, 0.15) is 13.2 Å². The zero-order valence-electron chi connectivity index (χ0n) is 22.1. The van der Waals surface area contributed by atoms with Crippen LogP contribution < -0.4 is 24.4 Å². The molecule has 4 aromatic rings. The number of hydrazone groups is 1. The molecule has 1 amide bonds. The highest BCUT2D eigenvalue weighted by atomic mass is 16.5. The topological polar surface area (TPSA) is 78.4 Å². The van der Waals surface area contributed by atoms with Gasteiger partial charge in [-0.3, -0.25) is 4.79 Å². The number of rotatable bonds is 13. The van der Waals surface area contributed by atoms with Crippen LogP contribution in [-0.2, 0) is 24.4 Å². The van der Waals surface area contributed by atoms with Crippen LogP contribution in [0.1, 0.15) is 29.2 Å². The molecule has 7 heteroatoms. The number of carbonyl (C=O) groups excluding carboxylic acids is 1. The van der Waals surface area contributed by atoms with Gasteiger partial charge in [0.05, 0.1) is 26.4 Å². The number of nitrogens with one attached hydrogen (secondary N) is 1. The van der Waals surface area contributed by atoms with Gasteiger partial charge in [-0.2, -0.15) is 5.10 Å². The molecule has 0 aromatic heterocycles. The molecule has 200 valence electrons. The highest BCUT2D eigenvalue weighted by Gasteiger charge is 2.10. The Morgan fingerprint density at radius 3 is 2.05 bits per heavy atom. The van der Waals surface area contributed by atoms with Crippen molar-refractivity contribution in [2.45, 2.75) is 26.6 Å². The average molecular weight is 525 g/mol. The summed E-state index contributed by atoms with van der Waals surface area (Å²) in [7, 11) is 1.58. The van der Waals surface area contributed by atoms with E-state index in [1.807, 2.05) is 97.9 Å². The van der Waals surface area contributed by atoms with Crippen molar-refractivity contribution in [1.82, 2.24) is 5.43 Å². The maximum absolute atomic E-state index is 12.1. The summed E-state index contributed by atoms with van der Waals surface area (Å²) in [5, 5.41) is 4.06. The van der Waals surface area contributed by atoms with Crippen LogP contribution in [0.3, 0.4) is 0 Å². The first-order valence-electron chi connectivity index (χ1n) is 12.7. The minimum Gasteiger partial charge on any atom is -0.493 e. The number of ether oxygens (including phenoxy) is 4. The van der Waals surface area contributed by atoms with Gasteiger partial charge in [-0.1, -0.05) is 66.7 Å². The quantitative estimate of drug-likeness (QED) is 0.173. The highest BCUT2D eigenvalue weighted by Crippen LogP contribution is 2.32. The van der Waals surface area contributed by atoms with E-state index in [4.69, 9.17) is 18.9 Å². The molecule has 0 aliphatic carbocycles. The van der Waals surface area contributed by atoms with Gasteiger partial charge in [0, 0.05) is 0 Å². The smallest absolute Gasteiger partial charge is 0.244 e. The third-order valence-corrected chi connectivity index (χ3v) is 5.74. The van der Waals surface area contributed by atoms with E-state index in [0.29, 0.717) is 42.8 Å². The normalized spacial score (nSPS) is 10.7. The molecular weight excluding hydrogens is 492 g/mol. The monoisotopic (exact) mass is 524 g/mol. The van der Waals surface area contributed by atoms with Crippen molar-refractivity contribution in [3.8, 4) is 23.0 Å². The van der Waals surface area contributed by atoms with E-state index >= 15 is 0 Å². The minimum atomic E-state index is -0.188. The molecule has 0 aliphatic rings. The Morgan fingerprint density at radius 1 is 0.718 bits per heavy atom. The lowest BCUT2D eigenvalue weighted by Gasteiger charge is -2.15. The van der Waals surface area contributed by atoms with Crippen molar-refractivity contribution in [1.29, 1.82) is 0 Å². The Bertz CT molecular complexity index is 1370. The van der Waals surface area contributed by atoms with Gasteiger partial charge in [-0.25, -0.2) is 5.43 Å². The van der Waals surface area contributed by atoms with Crippen LogP contribution in [0.25, 0.3) is 0 Å². The van der Waals surface area contributed by atoms with Crippen molar-refractivity contribution in [2.24, 2.45) is 5.10 Å².